The second kappa shape index (κ2) is 6.87. The summed E-state index contributed by atoms with van der Waals surface area (Å²) in [7, 11) is 0. The third-order valence-electron chi connectivity index (χ3n) is 2.86. The van der Waals surface area contributed by atoms with E-state index in [1.165, 1.54) is 11.3 Å². The molecule has 1 aromatic heterocycles. The predicted octanol–water partition coefficient (Wildman–Crippen LogP) is 5.66. The van der Waals surface area contributed by atoms with Crippen LogP contribution < -0.4 is 4.74 Å². The van der Waals surface area contributed by atoms with Crippen LogP contribution in [-0.2, 0) is 0 Å². The third-order valence-corrected chi connectivity index (χ3v) is 5.20. The van der Waals surface area contributed by atoms with E-state index in [-0.39, 0.29) is 12.4 Å². The fraction of sp³-hybridized carbons (Fsp3) is 0.267. The number of hydrogen-bond donors (Lipinski definition) is 0. The van der Waals surface area contributed by atoms with Crippen molar-refractivity contribution in [3.63, 3.8) is 0 Å². The van der Waals surface area contributed by atoms with Crippen molar-refractivity contribution < 1.29 is 9.53 Å². The van der Waals surface area contributed by atoms with Gasteiger partial charge in [0.25, 0.3) is 0 Å². The number of rotatable bonds is 5. The normalized spacial score (nSPS) is 10.8. The van der Waals surface area contributed by atoms with Gasteiger partial charge in [-0.15, -0.1) is 11.3 Å². The van der Waals surface area contributed by atoms with Gasteiger partial charge in [0.05, 0.1) is 7.57 Å². The van der Waals surface area contributed by atoms with E-state index in [2.05, 4.69) is 45.7 Å². The molecule has 106 valence electrons. The summed E-state index contributed by atoms with van der Waals surface area (Å²) in [5.41, 5.74) is 1.77. The maximum Gasteiger partial charge on any atom is 0.202 e. The topological polar surface area (TPSA) is 26.3 Å². The largest absolute Gasteiger partial charge is 0.485 e. The molecule has 0 N–H and O–H groups in total. The molecule has 20 heavy (non-hydrogen) atoms. The summed E-state index contributed by atoms with van der Waals surface area (Å²) in [6.07, 6.45) is 0. The Labute approximate surface area is 139 Å². The molecule has 0 aliphatic carbocycles. The van der Waals surface area contributed by atoms with E-state index in [9.17, 15) is 4.79 Å². The Hall–Kier alpha value is -0.650. The van der Waals surface area contributed by atoms with Crippen molar-refractivity contribution in [2.75, 3.05) is 6.61 Å². The van der Waals surface area contributed by atoms with Gasteiger partial charge in [-0.2, -0.15) is 0 Å². The number of ether oxygens (including phenoxy) is 1. The van der Waals surface area contributed by atoms with E-state index in [0.717, 1.165) is 18.9 Å². The summed E-state index contributed by atoms with van der Waals surface area (Å²) < 4.78 is 7.45. The van der Waals surface area contributed by atoms with Gasteiger partial charge in [-0.3, -0.25) is 4.79 Å². The Morgan fingerprint density at radius 2 is 2.00 bits per heavy atom. The lowest BCUT2D eigenvalue weighted by Crippen LogP contribution is -2.12. The highest BCUT2D eigenvalue weighted by atomic mass is 79.9. The van der Waals surface area contributed by atoms with E-state index in [0.29, 0.717) is 11.5 Å². The highest BCUT2D eigenvalue weighted by Crippen LogP contribution is 2.32. The van der Waals surface area contributed by atoms with Crippen LogP contribution in [0.3, 0.4) is 0 Å². The Bertz CT molecular complexity index is 620. The summed E-state index contributed by atoms with van der Waals surface area (Å²) in [5.74, 6) is 1.11. The van der Waals surface area contributed by atoms with Crippen LogP contribution in [0.1, 0.15) is 35.7 Å². The molecule has 0 spiro atoms. The number of para-hydroxylation sites is 1. The number of halogens is 2. The van der Waals surface area contributed by atoms with Gasteiger partial charge in [-0.25, -0.2) is 0 Å². The molecule has 0 unspecified atom stereocenters. The average molecular weight is 418 g/mol. The smallest absolute Gasteiger partial charge is 0.202 e. The van der Waals surface area contributed by atoms with E-state index in [1.807, 2.05) is 30.3 Å². The maximum atomic E-state index is 12.2. The molecular weight excluding hydrogens is 404 g/mol. The molecule has 0 fully saturated rings. The molecule has 0 saturated carbocycles. The molecule has 1 aromatic carbocycles. The first-order chi connectivity index (χ1) is 9.49. The van der Waals surface area contributed by atoms with Crippen molar-refractivity contribution in [1.29, 1.82) is 0 Å². The van der Waals surface area contributed by atoms with Gasteiger partial charge in [0.1, 0.15) is 5.75 Å². The lowest BCUT2D eigenvalue weighted by Gasteiger charge is -2.13. The first-order valence-corrected chi connectivity index (χ1v) is 8.59. The molecule has 2 rings (SSSR count). The molecular formula is C15H14Br2O2S. The number of benzene rings is 1. The highest BCUT2D eigenvalue weighted by molar-refractivity contribution is 9.12. The lowest BCUT2D eigenvalue weighted by atomic mass is 10.0. The van der Waals surface area contributed by atoms with Crippen LogP contribution in [0.4, 0.5) is 0 Å². The van der Waals surface area contributed by atoms with E-state index < -0.39 is 0 Å². The fourth-order valence-electron chi connectivity index (χ4n) is 1.84. The van der Waals surface area contributed by atoms with Crippen molar-refractivity contribution in [1.82, 2.24) is 0 Å². The highest BCUT2D eigenvalue weighted by Gasteiger charge is 2.15. The van der Waals surface area contributed by atoms with Crippen LogP contribution in [-0.4, -0.2) is 12.4 Å². The zero-order valence-electron chi connectivity index (χ0n) is 11.2. The van der Waals surface area contributed by atoms with Crippen LogP contribution in [0, 0.1) is 0 Å². The summed E-state index contributed by atoms with van der Waals surface area (Å²) in [6.45, 7) is 4.26. The van der Waals surface area contributed by atoms with Crippen molar-refractivity contribution in [2.24, 2.45) is 0 Å². The summed E-state index contributed by atoms with van der Waals surface area (Å²) in [5, 5.41) is 0. The zero-order valence-corrected chi connectivity index (χ0v) is 15.1. The van der Waals surface area contributed by atoms with Crippen LogP contribution in [0.5, 0.6) is 5.75 Å². The summed E-state index contributed by atoms with van der Waals surface area (Å²) >= 11 is 8.25. The number of carbonyl (C=O) groups is 1. The molecule has 0 aliphatic rings. The van der Waals surface area contributed by atoms with Gasteiger partial charge in [0.2, 0.25) is 5.78 Å². The number of hydrogen-bond acceptors (Lipinski definition) is 3. The Morgan fingerprint density at radius 3 is 2.60 bits per heavy atom. The van der Waals surface area contributed by atoms with Crippen LogP contribution in [0.2, 0.25) is 0 Å². The molecule has 2 nitrogen and oxygen atoms in total. The number of carbonyl (C=O) groups excluding carboxylic acids is 1. The van der Waals surface area contributed by atoms with Crippen LogP contribution in [0.25, 0.3) is 0 Å². The standard InChI is InChI=1S/C15H14Br2O2S/c1-9(2)10-5-3-4-6-13(10)19-8-12(18)11-7-14(16)20-15(11)17/h3-7,9H,8H2,1-2H3. The summed E-state index contributed by atoms with van der Waals surface area (Å²) in [6, 6.07) is 9.65. The molecule has 1 heterocycles. The van der Waals surface area contributed by atoms with Crippen molar-refractivity contribution in [3.8, 4) is 5.75 Å². The van der Waals surface area contributed by atoms with Crippen molar-refractivity contribution in [2.45, 2.75) is 19.8 Å². The number of Topliss-reactive ketones (excluding diaryl/α,β-unsaturated/α-hetero) is 1. The molecule has 0 atom stereocenters. The third kappa shape index (κ3) is 3.71. The van der Waals surface area contributed by atoms with E-state index in [1.54, 1.807) is 0 Å². The molecule has 5 heteroatoms. The minimum Gasteiger partial charge on any atom is -0.485 e. The fourth-order valence-corrected chi connectivity index (χ4v) is 4.70. The molecule has 0 radical (unpaired) electrons. The van der Waals surface area contributed by atoms with Gasteiger partial charge >= 0.3 is 0 Å². The van der Waals surface area contributed by atoms with E-state index >= 15 is 0 Å². The molecule has 0 amide bonds. The second-order valence-corrected chi connectivity index (χ2v) is 8.39. The van der Waals surface area contributed by atoms with Gasteiger partial charge in [-0.1, -0.05) is 32.0 Å². The Balaban J connectivity index is 2.09. The zero-order chi connectivity index (χ0) is 14.7. The van der Waals surface area contributed by atoms with Gasteiger partial charge in [-0.05, 0) is 55.5 Å². The quantitative estimate of drug-likeness (QED) is 0.586. The van der Waals surface area contributed by atoms with Crippen LogP contribution in [0.15, 0.2) is 37.9 Å². The Kier molecular flexibility index (Phi) is 5.41. The minimum absolute atomic E-state index is 0.0302. The first kappa shape index (κ1) is 15.7. The molecule has 2 aromatic rings. The molecule has 0 aliphatic heterocycles. The number of ketones is 1. The summed E-state index contributed by atoms with van der Waals surface area (Å²) in [4.78, 5) is 12.2. The monoisotopic (exact) mass is 416 g/mol. The van der Waals surface area contributed by atoms with Crippen molar-refractivity contribution in [3.05, 3.63) is 49.0 Å². The van der Waals surface area contributed by atoms with Gasteiger partial charge in [0, 0.05) is 5.56 Å². The van der Waals surface area contributed by atoms with E-state index in [4.69, 9.17) is 4.74 Å². The lowest BCUT2D eigenvalue weighted by molar-refractivity contribution is 0.0920. The average Bonchev–Trinajstić information content (AvgIpc) is 2.75. The van der Waals surface area contributed by atoms with Crippen molar-refractivity contribution >= 4 is 49.0 Å². The number of thiophene rings is 1. The van der Waals surface area contributed by atoms with Gasteiger partial charge < -0.3 is 4.74 Å². The maximum absolute atomic E-state index is 12.2. The van der Waals surface area contributed by atoms with Crippen LogP contribution >= 0.6 is 43.2 Å². The predicted molar refractivity (Wildman–Crippen MR) is 90.1 cm³/mol. The Morgan fingerprint density at radius 1 is 1.30 bits per heavy atom. The second-order valence-electron chi connectivity index (χ2n) is 4.64. The molecule has 0 saturated heterocycles. The molecule has 0 bridgehead atoms. The van der Waals surface area contributed by atoms with Gasteiger partial charge in [0.15, 0.2) is 6.61 Å². The minimum atomic E-state index is -0.0302. The first-order valence-electron chi connectivity index (χ1n) is 6.18. The SMILES string of the molecule is CC(C)c1ccccc1OCC(=O)c1cc(Br)sc1Br.